The molecule has 112 valence electrons. The molecule has 0 saturated heterocycles. The van der Waals surface area contributed by atoms with E-state index < -0.39 is 0 Å². The minimum atomic E-state index is 0.897. The molecule has 2 aromatic rings. The Balaban J connectivity index is 2.19. The van der Waals surface area contributed by atoms with Crippen molar-refractivity contribution in [1.82, 2.24) is 10.3 Å². The summed E-state index contributed by atoms with van der Waals surface area (Å²) in [5, 5.41) is 3.38. The van der Waals surface area contributed by atoms with Crippen LogP contribution in [0.15, 0.2) is 42.5 Å². The number of aromatic nitrogens is 1. The van der Waals surface area contributed by atoms with Crippen LogP contribution in [0, 0.1) is 6.92 Å². The van der Waals surface area contributed by atoms with Crippen LogP contribution in [0.4, 0.5) is 5.82 Å². The Morgan fingerprint density at radius 1 is 1.05 bits per heavy atom. The van der Waals surface area contributed by atoms with Crippen molar-refractivity contribution in [2.24, 2.45) is 0 Å². The highest BCUT2D eigenvalue weighted by molar-refractivity contribution is 5.43. The standard InChI is InChI=1S/C18H25N3/c1-4-19-13-17-11-15(3)20-18(12-17)21(5-2)14-16-9-7-6-8-10-16/h6-12,19H,4-5,13-14H2,1-3H3. The molecule has 3 nitrogen and oxygen atoms in total. The van der Waals surface area contributed by atoms with E-state index in [0.717, 1.165) is 37.7 Å². The van der Waals surface area contributed by atoms with Crippen LogP contribution in [0.1, 0.15) is 30.7 Å². The average Bonchev–Trinajstić information content (AvgIpc) is 2.51. The smallest absolute Gasteiger partial charge is 0.129 e. The molecule has 1 N–H and O–H groups in total. The van der Waals surface area contributed by atoms with Gasteiger partial charge in [-0.2, -0.15) is 0 Å². The molecular formula is C18H25N3. The number of nitrogens with one attached hydrogen (secondary N) is 1. The molecule has 0 atom stereocenters. The number of anilines is 1. The fourth-order valence-corrected chi connectivity index (χ4v) is 2.41. The highest BCUT2D eigenvalue weighted by Gasteiger charge is 2.08. The molecule has 0 fully saturated rings. The second-order valence-electron chi connectivity index (χ2n) is 5.26. The van der Waals surface area contributed by atoms with Gasteiger partial charge >= 0.3 is 0 Å². The van der Waals surface area contributed by atoms with Gasteiger partial charge in [0.25, 0.3) is 0 Å². The van der Waals surface area contributed by atoms with Crippen LogP contribution in [0.3, 0.4) is 0 Å². The summed E-state index contributed by atoms with van der Waals surface area (Å²) in [6, 6.07) is 14.9. The number of rotatable bonds is 7. The fraction of sp³-hybridized carbons (Fsp3) is 0.389. The number of hydrogen-bond donors (Lipinski definition) is 1. The van der Waals surface area contributed by atoms with Crippen molar-refractivity contribution in [1.29, 1.82) is 0 Å². The van der Waals surface area contributed by atoms with Crippen molar-refractivity contribution in [3.05, 3.63) is 59.3 Å². The third kappa shape index (κ3) is 4.57. The minimum absolute atomic E-state index is 0.897. The molecule has 0 saturated carbocycles. The first-order valence-corrected chi connectivity index (χ1v) is 7.70. The van der Waals surface area contributed by atoms with Gasteiger partial charge in [0.2, 0.25) is 0 Å². The van der Waals surface area contributed by atoms with E-state index in [1.54, 1.807) is 0 Å². The van der Waals surface area contributed by atoms with Crippen LogP contribution < -0.4 is 10.2 Å². The number of pyridine rings is 1. The second-order valence-corrected chi connectivity index (χ2v) is 5.26. The first-order chi connectivity index (χ1) is 10.2. The van der Waals surface area contributed by atoms with Gasteiger partial charge in [0.15, 0.2) is 0 Å². The van der Waals surface area contributed by atoms with Gasteiger partial charge in [0.1, 0.15) is 5.82 Å². The van der Waals surface area contributed by atoms with Gasteiger partial charge in [-0.05, 0) is 43.7 Å². The Morgan fingerprint density at radius 2 is 1.81 bits per heavy atom. The third-order valence-corrected chi connectivity index (χ3v) is 3.50. The maximum atomic E-state index is 4.71. The van der Waals surface area contributed by atoms with Crippen LogP contribution in [0.25, 0.3) is 0 Å². The summed E-state index contributed by atoms with van der Waals surface area (Å²) in [6.07, 6.45) is 0. The summed E-state index contributed by atoms with van der Waals surface area (Å²) >= 11 is 0. The Bertz CT molecular complexity index is 552. The number of nitrogens with zero attached hydrogens (tertiary/aromatic N) is 2. The number of aryl methyl sites for hydroxylation is 1. The summed E-state index contributed by atoms with van der Waals surface area (Å²) in [4.78, 5) is 7.02. The van der Waals surface area contributed by atoms with Crippen LogP contribution in [0.5, 0.6) is 0 Å². The maximum absolute atomic E-state index is 4.71. The predicted octanol–water partition coefficient (Wildman–Crippen LogP) is 3.53. The predicted molar refractivity (Wildman–Crippen MR) is 89.5 cm³/mol. The van der Waals surface area contributed by atoms with E-state index >= 15 is 0 Å². The van der Waals surface area contributed by atoms with Crippen molar-refractivity contribution >= 4 is 5.82 Å². The molecule has 0 amide bonds. The van der Waals surface area contributed by atoms with E-state index in [0.29, 0.717) is 0 Å². The second kappa shape index (κ2) is 7.79. The Hall–Kier alpha value is -1.87. The quantitative estimate of drug-likeness (QED) is 0.842. The maximum Gasteiger partial charge on any atom is 0.129 e. The van der Waals surface area contributed by atoms with E-state index in [2.05, 4.69) is 73.5 Å². The SMILES string of the molecule is CCNCc1cc(C)nc(N(CC)Cc2ccccc2)c1. The van der Waals surface area contributed by atoms with Crippen LogP contribution in [-0.2, 0) is 13.1 Å². The molecule has 0 bridgehead atoms. The molecular weight excluding hydrogens is 258 g/mol. The van der Waals surface area contributed by atoms with E-state index in [1.807, 2.05) is 0 Å². The lowest BCUT2D eigenvalue weighted by Crippen LogP contribution is -2.24. The Kier molecular flexibility index (Phi) is 5.76. The largest absolute Gasteiger partial charge is 0.353 e. The number of hydrogen-bond acceptors (Lipinski definition) is 3. The van der Waals surface area contributed by atoms with Gasteiger partial charge in [-0.3, -0.25) is 0 Å². The molecule has 0 spiro atoms. The minimum Gasteiger partial charge on any atom is -0.353 e. The van der Waals surface area contributed by atoms with E-state index in [1.165, 1.54) is 11.1 Å². The van der Waals surface area contributed by atoms with E-state index in [9.17, 15) is 0 Å². The molecule has 3 heteroatoms. The zero-order valence-corrected chi connectivity index (χ0v) is 13.3. The van der Waals surface area contributed by atoms with Crippen molar-refractivity contribution in [3.8, 4) is 0 Å². The monoisotopic (exact) mass is 283 g/mol. The highest BCUT2D eigenvalue weighted by Crippen LogP contribution is 2.17. The summed E-state index contributed by atoms with van der Waals surface area (Å²) in [5.74, 6) is 1.06. The third-order valence-electron chi connectivity index (χ3n) is 3.50. The van der Waals surface area contributed by atoms with Gasteiger partial charge in [-0.1, -0.05) is 37.3 Å². The summed E-state index contributed by atoms with van der Waals surface area (Å²) in [6.45, 7) is 10.1. The van der Waals surface area contributed by atoms with Crippen LogP contribution >= 0.6 is 0 Å². The normalized spacial score (nSPS) is 10.6. The first kappa shape index (κ1) is 15.5. The topological polar surface area (TPSA) is 28.2 Å². The van der Waals surface area contributed by atoms with Gasteiger partial charge in [0, 0.05) is 25.3 Å². The number of benzene rings is 1. The molecule has 0 radical (unpaired) electrons. The van der Waals surface area contributed by atoms with Crippen LogP contribution in [0.2, 0.25) is 0 Å². The van der Waals surface area contributed by atoms with Gasteiger partial charge in [-0.15, -0.1) is 0 Å². The Labute approximate surface area is 128 Å². The fourth-order valence-electron chi connectivity index (χ4n) is 2.41. The Morgan fingerprint density at radius 3 is 2.48 bits per heavy atom. The molecule has 0 aliphatic heterocycles. The van der Waals surface area contributed by atoms with Crippen molar-refractivity contribution in [2.75, 3.05) is 18.0 Å². The molecule has 2 rings (SSSR count). The molecule has 1 aromatic heterocycles. The lowest BCUT2D eigenvalue weighted by atomic mass is 10.2. The summed E-state index contributed by atoms with van der Waals surface area (Å²) < 4.78 is 0. The molecule has 0 aliphatic carbocycles. The molecule has 21 heavy (non-hydrogen) atoms. The van der Waals surface area contributed by atoms with Crippen LogP contribution in [-0.4, -0.2) is 18.1 Å². The zero-order chi connectivity index (χ0) is 15.1. The zero-order valence-electron chi connectivity index (χ0n) is 13.3. The van der Waals surface area contributed by atoms with Crippen molar-refractivity contribution in [3.63, 3.8) is 0 Å². The molecule has 1 heterocycles. The first-order valence-electron chi connectivity index (χ1n) is 7.70. The molecule has 0 aliphatic rings. The van der Waals surface area contributed by atoms with Gasteiger partial charge < -0.3 is 10.2 Å². The summed E-state index contributed by atoms with van der Waals surface area (Å²) in [5.41, 5.74) is 3.69. The highest BCUT2D eigenvalue weighted by atomic mass is 15.2. The lowest BCUT2D eigenvalue weighted by molar-refractivity contribution is 0.722. The molecule has 1 aromatic carbocycles. The van der Waals surface area contributed by atoms with Crippen molar-refractivity contribution < 1.29 is 0 Å². The van der Waals surface area contributed by atoms with Gasteiger partial charge in [-0.25, -0.2) is 4.98 Å². The molecule has 0 unspecified atom stereocenters. The lowest BCUT2D eigenvalue weighted by Gasteiger charge is -2.23. The van der Waals surface area contributed by atoms with E-state index in [4.69, 9.17) is 4.98 Å². The summed E-state index contributed by atoms with van der Waals surface area (Å²) in [7, 11) is 0. The van der Waals surface area contributed by atoms with E-state index in [-0.39, 0.29) is 0 Å². The van der Waals surface area contributed by atoms with Gasteiger partial charge in [0.05, 0.1) is 0 Å². The average molecular weight is 283 g/mol. The van der Waals surface area contributed by atoms with Crippen molar-refractivity contribution in [2.45, 2.75) is 33.9 Å².